The molecule has 1 aromatic carbocycles. The lowest BCUT2D eigenvalue weighted by atomic mass is 9.92. The summed E-state index contributed by atoms with van der Waals surface area (Å²) in [6.07, 6.45) is 2.94. The second kappa shape index (κ2) is 7.33. The summed E-state index contributed by atoms with van der Waals surface area (Å²) in [5, 5.41) is 2.88. The predicted octanol–water partition coefficient (Wildman–Crippen LogP) is 2.81. The molecule has 1 aromatic rings. The SMILES string of the molecule is CC[C@@H](C)N(C(=O)CN1C(=O)N[C@]2(CCc3ccccc32)C1=O)[C@@H](C)CC. The van der Waals surface area contributed by atoms with Crippen LogP contribution in [-0.4, -0.2) is 46.3 Å². The molecule has 4 amide bonds. The Morgan fingerprint density at radius 2 is 1.81 bits per heavy atom. The first-order valence-corrected chi connectivity index (χ1v) is 9.89. The number of amides is 4. The van der Waals surface area contributed by atoms with E-state index in [0.29, 0.717) is 6.42 Å². The third kappa shape index (κ3) is 3.11. The molecular formula is C21H29N3O3. The Labute approximate surface area is 160 Å². The summed E-state index contributed by atoms with van der Waals surface area (Å²) in [5.74, 6) is -0.482. The van der Waals surface area contributed by atoms with Gasteiger partial charge in [-0.3, -0.25) is 14.5 Å². The van der Waals surface area contributed by atoms with E-state index in [1.54, 1.807) is 0 Å². The normalized spacial score (nSPS) is 23.3. The van der Waals surface area contributed by atoms with Crippen LogP contribution in [0.25, 0.3) is 0 Å². The molecule has 1 fully saturated rings. The fourth-order valence-electron chi connectivity index (χ4n) is 4.27. The number of benzene rings is 1. The number of carbonyl (C=O) groups excluding carboxylic acids is 3. The molecule has 6 nitrogen and oxygen atoms in total. The van der Waals surface area contributed by atoms with E-state index in [4.69, 9.17) is 0 Å². The summed E-state index contributed by atoms with van der Waals surface area (Å²) in [7, 11) is 0. The van der Waals surface area contributed by atoms with Crippen molar-refractivity contribution < 1.29 is 14.4 Å². The molecule has 0 radical (unpaired) electrons. The first-order chi connectivity index (χ1) is 12.9. The molecule has 0 saturated carbocycles. The Bertz CT molecular complexity index is 753. The van der Waals surface area contributed by atoms with Gasteiger partial charge in [0.15, 0.2) is 0 Å². The van der Waals surface area contributed by atoms with Crippen LogP contribution < -0.4 is 5.32 Å². The highest BCUT2D eigenvalue weighted by Crippen LogP contribution is 2.41. The zero-order valence-electron chi connectivity index (χ0n) is 16.6. The maximum Gasteiger partial charge on any atom is 0.325 e. The van der Waals surface area contributed by atoms with Gasteiger partial charge in [-0.2, -0.15) is 0 Å². The minimum Gasteiger partial charge on any atom is -0.336 e. The highest BCUT2D eigenvalue weighted by Gasteiger charge is 2.55. The molecule has 2 aliphatic rings. The van der Waals surface area contributed by atoms with Crippen LogP contribution >= 0.6 is 0 Å². The van der Waals surface area contributed by atoms with Gasteiger partial charge >= 0.3 is 6.03 Å². The van der Waals surface area contributed by atoms with Gasteiger partial charge in [0.1, 0.15) is 12.1 Å². The molecule has 1 spiro atoms. The smallest absolute Gasteiger partial charge is 0.325 e. The molecule has 0 aromatic heterocycles. The Morgan fingerprint density at radius 3 is 2.44 bits per heavy atom. The lowest BCUT2D eigenvalue weighted by molar-refractivity contribution is -0.141. The van der Waals surface area contributed by atoms with E-state index in [0.717, 1.165) is 35.3 Å². The number of fused-ring (bicyclic) bond motifs is 2. The maximum absolute atomic E-state index is 13.2. The van der Waals surface area contributed by atoms with Crippen molar-refractivity contribution in [3.05, 3.63) is 35.4 Å². The Morgan fingerprint density at radius 1 is 1.19 bits per heavy atom. The van der Waals surface area contributed by atoms with Crippen molar-refractivity contribution in [2.45, 2.75) is 71.0 Å². The molecule has 1 aliphatic heterocycles. The summed E-state index contributed by atoms with van der Waals surface area (Å²) >= 11 is 0. The first-order valence-electron chi connectivity index (χ1n) is 9.89. The highest BCUT2D eigenvalue weighted by molar-refractivity contribution is 6.09. The summed E-state index contributed by atoms with van der Waals surface area (Å²) < 4.78 is 0. The van der Waals surface area contributed by atoms with Crippen LogP contribution in [0, 0.1) is 0 Å². The van der Waals surface area contributed by atoms with E-state index < -0.39 is 11.6 Å². The summed E-state index contributed by atoms with van der Waals surface area (Å²) in [6.45, 7) is 7.87. The molecule has 1 heterocycles. The quantitative estimate of drug-likeness (QED) is 0.782. The number of aryl methyl sites for hydroxylation is 1. The van der Waals surface area contributed by atoms with Gasteiger partial charge in [0.25, 0.3) is 5.91 Å². The summed E-state index contributed by atoms with van der Waals surface area (Å²) in [6, 6.07) is 7.37. The number of urea groups is 1. The highest BCUT2D eigenvalue weighted by atomic mass is 16.2. The molecule has 1 aliphatic carbocycles. The first kappa shape index (κ1) is 19.4. The van der Waals surface area contributed by atoms with Gasteiger partial charge in [-0.25, -0.2) is 4.79 Å². The molecule has 6 heteroatoms. The molecule has 0 bridgehead atoms. The second-order valence-corrected chi connectivity index (χ2v) is 7.70. The van der Waals surface area contributed by atoms with E-state index in [9.17, 15) is 14.4 Å². The average molecular weight is 371 g/mol. The number of hydrogen-bond acceptors (Lipinski definition) is 3. The van der Waals surface area contributed by atoms with Gasteiger partial charge in [-0.1, -0.05) is 38.1 Å². The molecule has 27 heavy (non-hydrogen) atoms. The van der Waals surface area contributed by atoms with Crippen molar-refractivity contribution in [2.75, 3.05) is 6.54 Å². The predicted molar refractivity (Wildman–Crippen MR) is 103 cm³/mol. The third-order valence-corrected chi connectivity index (χ3v) is 6.13. The van der Waals surface area contributed by atoms with Crippen LogP contribution in [0.3, 0.4) is 0 Å². The summed E-state index contributed by atoms with van der Waals surface area (Å²) in [5.41, 5.74) is 0.935. The number of hydrogen-bond donors (Lipinski definition) is 1. The zero-order valence-corrected chi connectivity index (χ0v) is 16.6. The van der Waals surface area contributed by atoms with Crippen LogP contribution in [0.15, 0.2) is 24.3 Å². The molecule has 146 valence electrons. The fraction of sp³-hybridized carbons (Fsp3) is 0.571. The Kier molecular flexibility index (Phi) is 5.27. The van der Waals surface area contributed by atoms with Gasteiger partial charge in [0, 0.05) is 12.1 Å². The lowest BCUT2D eigenvalue weighted by Crippen LogP contribution is -2.50. The monoisotopic (exact) mass is 371 g/mol. The van der Waals surface area contributed by atoms with Crippen LogP contribution in [0.1, 0.15) is 58.1 Å². The number of carbonyl (C=O) groups is 3. The molecular weight excluding hydrogens is 342 g/mol. The largest absolute Gasteiger partial charge is 0.336 e. The molecule has 1 saturated heterocycles. The number of nitrogens with one attached hydrogen (secondary N) is 1. The van der Waals surface area contributed by atoms with Crippen LogP contribution in [0.5, 0.6) is 0 Å². The number of rotatable bonds is 6. The van der Waals surface area contributed by atoms with Gasteiger partial charge in [-0.05, 0) is 50.7 Å². The molecule has 3 atom stereocenters. The van der Waals surface area contributed by atoms with Crippen molar-refractivity contribution in [3.63, 3.8) is 0 Å². The molecule has 1 N–H and O–H groups in total. The van der Waals surface area contributed by atoms with E-state index in [1.807, 2.05) is 56.9 Å². The van der Waals surface area contributed by atoms with Gasteiger partial charge in [0.2, 0.25) is 5.91 Å². The second-order valence-electron chi connectivity index (χ2n) is 7.70. The van der Waals surface area contributed by atoms with E-state index in [1.165, 1.54) is 0 Å². The van der Waals surface area contributed by atoms with Crippen molar-refractivity contribution in [1.82, 2.24) is 15.1 Å². The Hall–Kier alpha value is -2.37. The van der Waals surface area contributed by atoms with Crippen molar-refractivity contribution in [2.24, 2.45) is 0 Å². The van der Waals surface area contributed by atoms with E-state index >= 15 is 0 Å². The zero-order chi connectivity index (χ0) is 19.8. The maximum atomic E-state index is 13.2. The minimum absolute atomic E-state index is 0.0642. The molecule has 0 unspecified atom stereocenters. The van der Waals surface area contributed by atoms with Gasteiger partial charge in [0.05, 0.1) is 0 Å². The molecule has 3 rings (SSSR count). The lowest BCUT2D eigenvalue weighted by Gasteiger charge is -2.35. The third-order valence-electron chi connectivity index (χ3n) is 6.13. The summed E-state index contributed by atoms with van der Waals surface area (Å²) in [4.78, 5) is 41.7. The van der Waals surface area contributed by atoms with Crippen LogP contribution in [-0.2, 0) is 21.5 Å². The minimum atomic E-state index is -1.01. The Balaban J connectivity index is 1.83. The topological polar surface area (TPSA) is 69.7 Å². The van der Waals surface area contributed by atoms with Crippen molar-refractivity contribution >= 4 is 17.8 Å². The van der Waals surface area contributed by atoms with Crippen LogP contribution in [0.4, 0.5) is 4.79 Å². The van der Waals surface area contributed by atoms with Gasteiger partial charge in [-0.15, -0.1) is 0 Å². The number of nitrogens with zero attached hydrogens (tertiary/aromatic N) is 2. The fourth-order valence-corrected chi connectivity index (χ4v) is 4.27. The van der Waals surface area contributed by atoms with Gasteiger partial charge < -0.3 is 10.2 Å². The van der Waals surface area contributed by atoms with Crippen LogP contribution in [0.2, 0.25) is 0 Å². The average Bonchev–Trinajstić information content (AvgIpc) is 3.15. The van der Waals surface area contributed by atoms with E-state index in [2.05, 4.69) is 5.32 Å². The van der Waals surface area contributed by atoms with E-state index in [-0.39, 0.29) is 30.4 Å². The number of imide groups is 1. The van der Waals surface area contributed by atoms with Crippen molar-refractivity contribution in [1.29, 1.82) is 0 Å². The standard InChI is InChI=1S/C21H29N3O3/c1-5-14(3)24(15(4)6-2)18(25)13-23-19(26)21(22-20(23)27)12-11-16-9-7-8-10-17(16)21/h7-10,14-15H,5-6,11-13H2,1-4H3,(H,22,27)/t14-,15+,21-/m0/s1. The van der Waals surface area contributed by atoms with Crippen molar-refractivity contribution in [3.8, 4) is 0 Å².